The molecule has 2 amide bonds. The predicted octanol–water partition coefficient (Wildman–Crippen LogP) is 2.47. The second-order valence-electron chi connectivity index (χ2n) is 7.71. The SMILES string of the molecule is CC(C)N1CC2CC(CN(C(=O)NCCc3ccc(C#N)cc3)C2)C1. The summed E-state index contributed by atoms with van der Waals surface area (Å²) in [5, 5.41) is 11.9. The average molecular weight is 340 g/mol. The number of carbonyl (C=O) groups excluding carboxylic acids is 1. The van der Waals surface area contributed by atoms with Crippen molar-refractivity contribution < 1.29 is 4.79 Å². The van der Waals surface area contributed by atoms with Crippen molar-refractivity contribution in [1.29, 1.82) is 5.26 Å². The van der Waals surface area contributed by atoms with Crippen LogP contribution in [0.25, 0.3) is 0 Å². The Kier molecular flexibility index (Phi) is 5.60. The monoisotopic (exact) mass is 340 g/mol. The van der Waals surface area contributed by atoms with Crippen LogP contribution in [0.15, 0.2) is 24.3 Å². The molecule has 2 unspecified atom stereocenters. The van der Waals surface area contributed by atoms with Crippen LogP contribution < -0.4 is 5.32 Å². The molecule has 0 aliphatic carbocycles. The second-order valence-corrected chi connectivity index (χ2v) is 7.71. The fraction of sp³-hybridized carbons (Fsp3) is 0.600. The smallest absolute Gasteiger partial charge is 0.317 e. The van der Waals surface area contributed by atoms with E-state index in [9.17, 15) is 4.79 Å². The molecule has 5 heteroatoms. The molecule has 5 nitrogen and oxygen atoms in total. The Labute approximate surface area is 150 Å². The van der Waals surface area contributed by atoms with Crippen LogP contribution in [-0.2, 0) is 6.42 Å². The van der Waals surface area contributed by atoms with E-state index in [1.54, 1.807) is 0 Å². The van der Waals surface area contributed by atoms with Crippen molar-refractivity contribution in [1.82, 2.24) is 15.1 Å². The van der Waals surface area contributed by atoms with Crippen molar-refractivity contribution in [3.8, 4) is 6.07 Å². The third-order valence-corrected chi connectivity index (χ3v) is 5.40. The summed E-state index contributed by atoms with van der Waals surface area (Å²) < 4.78 is 0. The number of hydrogen-bond donors (Lipinski definition) is 1. The number of piperidine rings is 2. The minimum atomic E-state index is 0.0707. The fourth-order valence-electron chi connectivity index (χ4n) is 4.08. The quantitative estimate of drug-likeness (QED) is 0.916. The summed E-state index contributed by atoms with van der Waals surface area (Å²) in [6, 6.07) is 10.3. The van der Waals surface area contributed by atoms with Crippen molar-refractivity contribution in [3.05, 3.63) is 35.4 Å². The number of fused-ring (bicyclic) bond motifs is 2. The van der Waals surface area contributed by atoms with E-state index in [1.807, 2.05) is 29.2 Å². The minimum Gasteiger partial charge on any atom is -0.338 e. The Bertz CT molecular complexity index is 620. The summed E-state index contributed by atoms with van der Waals surface area (Å²) in [4.78, 5) is 17.1. The zero-order valence-corrected chi connectivity index (χ0v) is 15.2. The maximum Gasteiger partial charge on any atom is 0.317 e. The predicted molar refractivity (Wildman–Crippen MR) is 98.1 cm³/mol. The molecule has 0 radical (unpaired) electrons. The lowest BCUT2D eigenvalue weighted by Crippen LogP contribution is -2.57. The van der Waals surface area contributed by atoms with Gasteiger partial charge in [0, 0.05) is 38.8 Å². The van der Waals surface area contributed by atoms with E-state index in [-0.39, 0.29) is 6.03 Å². The molecule has 134 valence electrons. The summed E-state index contributed by atoms with van der Waals surface area (Å²) in [6.45, 7) is 9.13. The maximum atomic E-state index is 12.5. The molecule has 0 aromatic heterocycles. The van der Waals surface area contributed by atoms with Crippen molar-refractivity contribution in [2.24, 2.45) is 11.8 Å². The first-order valence-electron chi connectivity index (χ1n) is 9.31. The van der Waals surface area contributed by atoms with Gasteiger partial charge in [-0.2, -0.15) is 5.26 Å². The van der Waals surface area contributed by atoms with Gasteiger partial charge in [-0.25, -0.2) is 4.79 Å². The molecule has 1 aromatic carbocycles. The standard InChI is InChI=1S/C20H28N4O/c1-15(2)23-11-18-9-19(12-23)14-24(13-18)20(25)22-8-7-16-3-5-17(10-21)6-4-16/h3-6,15,18-19H,7-9,11-14H2,1-2H3,(H,22,25). The van der Waals surface area contributed by atoms with Gasteiger partial charge in [-0.1, -0.05) is 12.1 Å². The number of benzene rings is 1. The number of urea groups is 1. The van der Waals surface area contributed by atoms with E-state index in [0.717, 1.165) is 38.2 Å². The Morgan fingerprint density at radius 3 is 2.40 bits per heavy atom. The van der Waals surface area contributed by atoms with Crippen molar-refractivity contribution in [3.63, 3.8) is 0 Å². The van der Waals surface area contributed by atoms with Crippen LogP contribution >= 0.6 is 0 Å². The molecule has 3 rings (SSSR count). The van der Waals surface area contributed by atoms with Crippen LogP contribution in [0.4, 0.5) is 4.79 Å². The van der Waals surface area contributed by atoms with Crippen LogP contribution in [0.3, 0.4) is 0 Å². The molecule has 2 aliphatic heterocycles. The number of likely N-dealkylation sites (tertiary alicyclic amines) is 2. The lowest BCUT2D eigenvalue weighted by Gasteiger charge is -2.47. The summed E-state index contributed by atoms with van der Waals surface area (Å²) in [5.74, 6) is 1.22. The fourth-order valence-corrected chi connectivity index (χ4v) is 4.08. The minimum absolute atomic E-state index is 0.0707. The molecule has 2 bridgehead atoms. The van der Waals surface area contributed by atoms with Gasteiger partial charge in [-0.05, 0) is 56.2 Å². The topological polar surface area (TPSA) is 59.4 Å². The largest absolute Gasteiger partial charge is 0.338 e. The molecule has 2 saturated heterocycles. The lowest BCUT2D eigenvalue weighted by molar-refractivity contribution is 0.0317. The van der Waals surface area contributed by atoms with Gasteiger partial charge in [0.1, 0.15) is 0 Å². The van der Waals surface area contributed by atoms with E-state index in [2.05, 4.69) is 30.1 Å². The van der Waals surface area contributed by atoms with Gasteiger partial charge in [0.25, 0.3) is 0 Å². The highest BCUT2D eigenvalue weighted by Gasteiger charge is 2.36. The third kappa shape index (κ3) is 4.52. The van der Waals surface area contributed by atoms with Gasteiger partial charge in [-0.3, -0.25) is 0 Å². The third-order valence-electron chi connectivity index (χ3n) is 5.40. The summed E-state index contributed by atoms with van der Waals surface area (Å²) in [7, 11) is 0. The Morgan fingerprint density at radius 2 is 1.84 bits per heavy atom. The molecule has 0 saturated carbocycles. The Balaban J connectivity index is 1.45. The normalized spacial score (nSPS) is 23.4. The summed E-state index contributed by atoms with van der Waals surface area (Å²) >= 11 is 0. The molecule has 1 aromatic rings. The summed E-state index contributed by atoms with van der Waals surface area (Å²) in [6.07, 6.45) is 2.05. The number of nitrogens with one attached hydrogen (secondary N) is 1. The molecule has 0 spiro atoms. The highest BCUT2D eigenvalue weighted by Crippen LogP contribution is 2.29. The van der Waals surface area contributed by atoms with Gasteiger partial charge in [0.15, 0.2) is 0 Å². The number of hydrogen-bond acceptors (Lipinski definition) is 3. The van der Waals surface area contributed by atoms with Gasteiger partial charge in [0.2, 0.25) is 0 Å². The average Bonchev–Trinajstić information content (AvgIpc) is 2.61. The number of amides is 2. The van der Waals surface area contributed by atoms with Crippen LogP contribution in [0.2, 0.25) is 0 Å². The summed E-state index contributed by atoms with van der Waals surface area (Å²) in [5.41, 5.74) is 1.81. The van der Waals surface area contributed by atoms with E-state index < -0.39 is 0 Å². The molecule has 1 N–H and O–H groups in total. The molecule has 2 atom stereocenters. The number of rotatable bonds is 4. The molecule has 2 fully saturated rings. The van der Waals surface area contributed by atoms with Crippen LogP contribution in [0.1, 0.15) is 31.4 Å². The van der Waals surface area contributed by atoms with E-state index in [1.165, 1.54) is 6.42 Å². The highest BCUT2D eigenvalue weighted by atomic mass is 16.2. The molecule has 2 heterocycles. The first-order chi connectivity index (χ1) is 12.0. The molecular weight excluding hydrogens is 312 g/mol. The zero-order valence-electron chi connectivity index (χ0n) is 15.2. The van der Waals surface area contributed by atoms with Crippen molar-refractivity contribution in [2.45, 2.75) is 32.7 Å². The van der Waals surface area contributed by atoms with E-state index in [0.29, 0.717) is 30.0 Å². The van der Waals surface area contributed by atoms with Crippen LogP contribution in [-0.4, -0.2) is 54.6 Å². The van der Waals surface area contributed by atoms with Crippen LogP contribution in [0, 0.1) is 23.2 Å². The van der Waals surface area contributed by atoms with Gasteiger partial charge >= 0.3 is 6.03 Å². The van der Waals surface area contributed by atoms with Crippen molar-refractivity contribution >= 4 is 6.03 Å². The number of nitrogens with zero attached hydrogens (tertiary/aromatic N) is 3. The first kappa shape index (κ1) is 17.8. The van der Waals surface area contributed by atoms with E-state index >= 15 is 0 Å². The van der Waals surface area contributed by atoms with Gasteiger partial charge in [0.05, 0.1) is 11.6 Å². The number of carbonyl (C=O) groups is 1. The molecule has 25 heavy (non-hydrogen) atoms. The van der Waals surface area contributed by atoms with Crippen LogP contribution in [0.5, 0.6) is 0 Å². The van der Waals surface area contributed by atoms with E-state index in [4.69, 9.17) is 5.26 Å². The Hall–Kier alpha value is -2.06. The van der Waals surface area contributed by atoms with Crippen molar-refractivity contribution in [2.75, 3.05) is 32.7 Å². The zero-order chi connectivity index (χ0) is 17.8. The first-order valence-corrected chi connectivity index (χ1v) is 9.31. The van der Waals surface area contributed by atoms with Gasteiger partial charge in [-0.15, -0.1) is 0 Å². The molecular formula is C20H28N4O. The second kappa shape index (κ2) is 7.88. The lowest BCUT2D eigenvalue weighted by atomic mass is 9.84. The number of nitriles is 1. The highest BCUT2D eigenvalue weighted by molar-refractivity contribution is 5.74. The Morgan fingerprint density at radius 1 is 1.20 bits per heavy atom. The molecule has 2 aliphatic rings. The van der Waals surface area contributed by atoms with Gasteiger partial charge < -0.3 is 15.1 Å². The maximum absolute atomic E-state index is 12.5.